The van der Waals surface area contributed by atoms with Crippen LogP contribution in [0, 0.1) is 37.5 Å². The topological polar surface area (TPSA) is 101 Å². The number of aromatic nitrogens is 1. The minimum absolute atomic E-state index is 0.0354. The first-order valence-electron chi connectivity index (χ1n) is 14.4. The average Bonchev–Trinajstić information content (AvgIpc) is 3.54. The van der Waals surface area contributed by atoms with Crippen molar-refractivity contribution in [3.63, 3.8) is 0 Å². The fraction of sp³-hybridized carbons (Fsp3) is 0.500. The summed E-state index contributed by atoms with van der Waals surface area (Å²) in [4.78, 5) is 47.9. The molecule has 1 aromatic heterocycles. The molecule has 3 fully saturated rings. The van der Waals surface area contributed by atoms with Gasteiger partial charge >= 0.3 is 0 Å². The van der Waals surface area contributed by atoms with E-state index < -0.39 is 29.6 Å². The number of carbonyl (C=O) groups is 3. The summed E-state index contributed by atoms with van der Waals surface area (Å²) in [6.07, 6.45) is 9.67. The molecule has 4 aliphatic rings. The SMILES string of the molecule is Cc1cc(C)cc(NC(=O)[C@@H]2[C@@H]3C=C[C@]4(O3)[C@@H]2C(=O)N(Cc2cccnc2)[C@H]4C(=O)N[C@@H]2CCC[C@H](C)[C@H]2C)c1. The summed E-state index contributed by atoms with van der Waals surface area (Å²) in [7, 11) is 0. The highest BCUT2D eigenvalue weighted by molar-refractivity contribution is 6.02. The van der Waals surface area contributed by atoms with Gasteiger partial charge in [0.25, 0.3) is 0 Å². The molecule has 1 aliphatic carbocycles. The van der Waals surface area contributed by atoms with Crippen LogP contribution in [0.25, 0.3) is 0 Å². The molecule has 210 valence electrons. The number of nitrogens with one attached hydrogen (secondary N) is 2. The molecular weight excluding hydrogens is 504 g/mol. The molecular formula is C32H38N4O4. The molecule has 0 unspecified atom stereocenters. The highest BCUT2D eigenvalue weighted by Gasteiger charge is 2.72. The van der Waals surface area contributed by atoms with Gasteiger partial charge in [0, 0.05) is 30.7 Å². The van der Waals surface area contributed by atoms with E-state index in [-0.39, 0.29) is 30.3 Å². The van der Waals surface area contributed by atoms with Crippen LogP contribution in [0.3, 0.4) is 0 Å². The monoisotopic (exact) mass is 542 g/mol. The Kier molecular flexibility index (Phi) is 6.77. The molecule has 2 bridgehead atoms. The van der Waals surface area contributed by atoms with E-state index in [4.69, 9.17) is 4.74 Å². The van der Waals surface area contributed by atoms with Crippen LogP contribution in [0.15, 0.2) is 54.9 Å². The Morgan fingerprint density at radius 2 is 1.90 bits per heavy atom. The van der Waals surface area contributed by atoms with E-state index >= 15 is 0 Å². The minimum atomic E-state index is -1.19. The number of aryl methyl sites for hydroxylation is 2. The number of benzene rings is 1. The summed E-state index contributed by atoms with van der Waals surface area (Å²) < 4.78 is 6.50. The molecule has 1 saturated carbocycles. The second-order valence-electron chi connectivity index (χ2n) is 12.3. The third-order valence-corrected chi connectivity index (χ3v) is 9.52. The number of pyridine rings is 1. The fourth-order valence-electron chi connectivity index (χ4n) is 7.45. The van der Waals surface area contributed by atoms with E-state index in [2.05, 4.69) is 29.5 Å². The zero-order chi connectivity index (χ0) is 28.2. The number of hydrogen-bond donors (Lipinski definition) is 2. The van der Waals surface area contributed by atoms with Crippen LogP contribution in [0.2, 0.25) is 0 Å². The predicted molar refractivity (Wildman–Crippen MR) is 151 cm³/mol. The normalized spacial score (nSPS) is 34.1. The van der Waals surface area contributed by atoms with Gasteiger partial charge in [-0.05, 0) is 67.0 Å². The number of ether oxygens (including phenoxy) is 1. The van der Waals surface area contributed by atoms with E-state index in [0.29, 0.717) is 17.5 Å². The van der Waals surface area contributed by atoms with Crippen molar-refractivity contribution in [2.24, 2.45) is 23.7 Å². The number of amides is 3. The molecule has 3 amide bonds. The second-order valence-corrected chi connectivity index (χ2v) is 12.3. The number of carbonyl (C=O) groups excluding carboxylic acids is 3. The molecule has 6 rings (SSSR count). The molecule has 3 aliphatic heterocycles. The van der Waals surface area contributed by atoms with Crippen molar-refractivity contribution in [3.05, 3.63) is 71.6 Å². The summed E-state index contributed by atoms with van der Waals surface area (Å²) in [5.74, 6) is -1.39. The number of anilines is 1. The molecule has 40 heavy (non-hydrogen) atoms. The summed E-state index contributed by atoms with van der Waals surface area (Å²) in [5, 5.41) is 6.33. The van der Waals surface area contributed by atoms with Crippen molar-refractivity contribution in [3.8, 4) is 0 Å². The van der Waals surface area contributed by atoms with E-state index in [1.165, 1.54) is 0 Å². The van der Waals surface area contributed by atoms with Crippen LogP contribution in [-0.2, 0) is 25.7 Å². The number of rotatable bonds is 6. The molecule has 8 atom stereocenters. The Labute approximate surface area is 235 Å². The lowest BCUT2D eigenvalue weighted by Gasteiger charge is -2.38. The lowest BCUT2D eigenvalue weighted by atomic mass is 9.73. The zero-order valence-corrected chi connectivity index (χ0v) is 23.6. The third-order valence-electron chi connectivity index (χ3n) is 9.52. The number of hydrogen-bond acceptors (Lipinski definition) is 5. The van der Waals surface area contributed by atoms with Gasteiger partial charge in [0.1, 0.15) is 11.6 Å². The summed E-state index contributed by atoms with van der Waals surface area (Å²) >= 11 is 0. The number of nitrogens with zero attached hydrogens (tertiary/aromatic N) is 2. The van der Waals surface area contributed by atoms with Crippen molar-refractivity contribution >= 4 is 23.4 Å². The maximum absolute atomic E-state index is 14.2. The largest absolute Gasteiger partial charge is 0.359 e. The standard InChI is InChI=1S/C32H38N4O4/c1-18-13-19(2)15-23(14-18)34-29(37)26-25-10-11-32(40-25)27(26)31(39)36(17-22-8-6-12-33-16-22)28(32)30(38)35-24-9-5-7-20(3)21(24)4/h6,8,10-16,20-21,24-28H,5,7,9,17H2,1-4H3,(H,34,37)(H,35,38)/t20-,21+,24+,25-,26+,27-,28-,32-/m0/s1. The van der Waals surface area contributed by atoms with Gasteiger partial charge in [-0.3, -0.25) is 19.4 Å². The summed E-state index contributed by atoms with van der Waals surface area (Å²) in [5.41, 5.74) is 2.40. The van der Waals surface area contributed by atoms with Crippen LogP contribution in [0.5, 0.6) is 0 Å². The third kappa shape index (κ3) is 4.42. The van der Waals surface area contributed by atoms with E-state index in [9.17, 15) is 14.4 Å². The fourth-order valence-corrected chi connectivity index (χ4v) is 7.45. The molecule has 4 heterocycles. The molecule has 8 heteroatoms. The van der Waals surface area contributed by atoms with Gasteiger partial charge < -0.3 is 20.3 Å². The van der Waals surface area contributed by atoms with Crippen molar-refractivity contribution in [1.29, 1.82) is 0 Å². The van der Waals surface area contributed by atoms with Gasteiger partial charge in [-0.15, -0.1) is 0 Å². The Balaban J connectivity index is 1.33. The molecule has 8 nitrogen and oxygen atoms in total. The van der Waals surface area contributed by atoms with Gasteiger partial charge in [-0.2, -0.15) is 0 Å². The molecule has 1 aromatic carbocycles. The first-order valence-corrected chi connectivity index (χ1v) is 14.4. The zero-order valence-electron chi connectivity index (χ0n) is 23.6. The van der Waals surface area contributed by atoms with Crippen LogP contribution >= 0.6 is 0 Å². The van der Waals surface area contributed by atoms with Gasteiger partial charge in [0.05, 0.1) is 17.9 Å². The smallest absolute Gasteiger partial charge is 0.246 e. The first-order chi connectivity index (χ1) is 19.2. The van der Waals surface area contributed by atoms with Crippen molar-refractivity contribution in [2.45, 2.75) is 77.3 Å². The van der Waals surface area contributed by atoms with Crippen LogP contribution in [-0.4, -0.2) is 51.4 Å². The van der Waals surface area contributed by atoms with E-state index in [0.717, 1.165) is 36.0 Å². The van der Waals surface area contributed by atoms with Gasteiger partial charge in [0.2, 0.25) is 17.7 Å². The second kappa shape index (κ2) is 10.1. The molecule has 2 saturated heterocycles. The van der Waals surface area contributed by atoms with Gasteiger partial charge in [0.15, 0.2) is 0 Å². The van der Waals surface area contributed by atoms with E-state index in [1.54, 1.807) is 17.3 Å². The Morgan fingerprint density at radius 1 is 1.12 bits per heavy atom. The van der Waals surface area contributed by atoms with Gasteiger partial charge in [-0.25, -0.2) is 0 Å². The van der Waals surface area contributed by atoms with Crippen molar-refractivity contribution in [2.75, 3.05) is 5.32 Å². The maximum Gasteiger partial charge on any atom is 0.246 e. The molecule has 1 spiro atoms. The highest BCUT2D eigenvalue weighted by Crippen LogP contribution is 2.55. The molecule has 2 N–H and O–H groups in total. The minimum Gasteiger partial charge on any atom is -0.359 e. The highest BCUT2D eigenvalue weighted by atomic mass is 16.5. The Hall–Kier alpha value is -3.52. The predicted octanol–water partition coefficient (Wildman–Crippen LogP) is 3.93. The number of fused-ring (bicyclic) bond motifs is 1. The number of likely N-dealkylation sites (tertiary alicyclic amines) is 1. The summed E-state index contributed by atoms with van der Waals surface area (Å²) in [6.45, 7) is 8.60. The molecule has 2 aromatic rings. The van der Waals surface area contributed by atoms with Crippen molar-refractivity contribution in [1.82, 2.24) is 15.2 Å². The van der Waals surface area contributed by atoms with Crippen molar-refractivity contribution < 1.29 is 19.1 Å². The lowest BCUT2D eigenvalue weighted by molar-refractivity contribution is -0.142. The first kappa shape index (κ1) is 26.7. The van der Waals surface area contributed by atoms with E-state index in [1.807, 2.05) is 56.3 Å². The maximum atomic E-state index is 14.2. The molecule has 0 radical (unpaired) electrons. The Morgan fingerprint density at radius 3 is 2.62 bits per heavy atom. The lowest BCUT2D eigenvalue weighted by Crippen LogP contribution is -2.57. The summed E-state index contributed by atoms with van der Waals surface area (Å²) in [6, 6.07) is 8.74. The average molecular weight is 543 g/mol. The van der Waals surface area contributed by atoms with Crippen LogP contribution in [0.1, 0.15) is 49.8 Å². The van der Waals surface area contributed by atoms with Crippen LogP contribution in [0.4, 0.5) is 5.69 Å². The quantitative estimate of drug-likeness (QED) is 0.539. The van der Waals surface area contributed by atoms with Gasteiger partial charge in [-0.1, -0.05) is 51.0 Å². The van der Waals surface area contributed by atoms with Crippen LogP contribution < -0.4 is 10.6 Å². The Bertz CT molecular complexity index is 1340.